The van der Waals surface area contributed by atoms with Crippen molar-refractivity contribution >= 4 is 41.1 Å². The highest BCUT2D eigenvalue weighted by Gasteiger charge is 2.57. The van der Waals surface area contributed by atoms with Crippen molar-refractivity contribution < 1.29 is 28.6 Å². The van der Waals surface area contributed by atoms with Crippen molar-refractivity contribution in [3.05, 3.63) is 70.5 Å². The van der Waals surface area contributed by atoms with Crippen LogP contribution in [0.3, 0.4) is 0 Å². The third kappa shape index (κ3) is 7.28. The molecule has 3 N–H and O–H groups in total. The molecule has 1 unspecified atom stereocenters. The fourth-order valence-corrected chi connectivity index (χ4v) is 10.1. The molecule has 13 nitrogen and oxygen atoms in total. The zero-order chi connectivity index (χ0) is 40.2. The SMILES string of the molecule is COC(=O)N[C@H](C(=O)N1[C@@H]2C[C@@H]2C[C@H]1c1nc(Cl)c(-c2ccc(-c3ccc(-c4[nH]c([C@@H]5C[C@@H](C)C(C)N5C(=O)[C@H]5CCCO5)nc4Cl)cc3)cc2)[nH]1)C1CCOCC1. The van der Waals surface area contributed by atoms with Crippen LogP contribution in [0.5, 0.6) is 0 Å². The van der Waals surface area contributed by atoms with Crippen molar-refractivity contribution in [1.29, 1.82) is 0 Å². The summed E-state index contributed by atoms with van der Waals surface area (Å²) in [7, 11) is 1.31. The van der Waals surface area contributed by atoms with Gasteiger partial charge in [0.25, 0.3) is 5.91 Å². The van der Waals surface area contributed by atoms with Crippen molar-refractivity contribution in [2.75, 3.05) is 26.9 Å². The minimum Gasteiger partial charge on any atom is -0.453 e. The van der Waals surface area contributed by atoms with Crippen LogP contribution < -0.4 is 5.32 Å². The number of likely N-dealkylation sites (tertiary alicyclic amines) is 2. The monoisotopic (exact) mass is 829 g/mol. The smallest absolute Gasteiger partial charge is 0.407 e. The van der Waals surface area contributed by atoms with E-state index < -0.39 is 12.1 Å². The molecule has 9 rings (SSSR count). The fraction of sp³-hybridized carbons (Fsp3) is 0.512. The van der Waals surface area contributed by atoms with E-state index in [-0.39, 0.29) is 48.0 Å². The van der Waals surface area contributed by atoms with Gasteiger partial charge in [0.15, 0.2) is 10.3 Å². The molecule has 4 aliphatic heterocycles. The number of alkyl carbamates (subject to hydrolysis) is 1. The molecule has 2 aromatic heterocycles. The van der Waals surface area contributed by atoms with Gasteiger partial charge in [-0.1, -0.05) is 78.7 Å². The van der Waals surface area contributed by atoms with Crippen molar-refractivity contribution in [3.63, 3.8) is 0 Å². The Bertz CT molecular complexity index is 2160. The standard InChI is InChI=1S/C43H49Cl2N7O6/c1-22-19-31(51(23(22)2)41(53)33-5-4-16-58-33)39-46-34(37(44)49-39)26-10-6-24(7-11-26)25-8-12-27(13-9-25)35-38(45)50-40(47-35)32-21-29-20-30(29)52(32)42(54)36(48-43(55)56-3)28-14-17-57-18-15-28/h6-13,22-23,28-33,36H,4-5,14-21H2,1-3H3,(H,46,49)(H,47,50)(H,48,55)/t22-,23?,29-,30-,31+,32+,33-,36+/m1/s1. The van der Waals surface area contributed by atoms with E-state index in [1.54, 1.807) is 0 Å². The van der Waals surface area contributed by atoms with Gasteiger partial charge >= 0.3 is 6.09 Å². The first-order valence-electron chi connectivity index (χ1n) is 20.5. The lowest BCUT2D eigenvalue weighted by molar-refractivity contribution is -0.144. The lowest BCUT2D eigenvalue weighted by Crippen LogP contribution is -2.54. The highest BCUT2D eigenvalue weighted by molar-refractivity contribution is 6.32. The summed E-state index contributed by atoms with van der Waals surface area (Å²) < 4.78 is 16.2. The molecule has 6 heterocycles. The molecule has 4 saturated heterocycles. The lowest BCUT2D eigenvalue weighted by atomic mass is 9.90. The summed E-state index contributed by atoms with van der Waals surface area (Å²) in [5.74, 6) is 1.93. The number of H-pyrrole nitrogens is 2. The molecule has 2 aromatic carbocycles. The molecule has 0 bridgehead atoms. The Morgan fingerprint density at radius 3 is 1.91 bits per heavy atom. The summed E-state index contributed by atoms with van der Waals surface area (Å²) in [5, 5.41) is 3.55. The van der Waals surface area contributed by atoms with Crippen LogP contribution in [0.15, 0.2) is 48.5 Å². The molecular formula is C43H49Cl2N7O6. The highest BCUT2D eigenvalue weighted by atomic mass is 35.5. The highest BCUT2D eigenvalue weighted by Crippen LogP contribution is 2.54. The number of carbonyl (C=O) groups excluding carboxylic acids is 3. The maximum absolute atomic E-state index is 14.2. The number of carbonyl (C=O) groups is 3. The third-order valence-electron chi connectivity index (χ3n) is 13.1. The number of aromatic nitrogens is 4. The van der Waals surface area contributed by atoms with Crippen LogP contribution in [0, 0.1) is 17.8 Å². The van der Waals surface area contributed by atoms with Crippen molar-refractivity contribution in [3.8, 4) is 33.6 Å². The molecule has 0 spiro atoms. The number of benzene rings is 2. The molecule has 15 heteroatoms. The Morgan fingerprint density at radius 2 is 1.36 bits per heavy atom. The number of hydrogen-bond acceptors (Lipinski definition) is 8. The predicted molar refractivity (Wildman–Crippen MR) is 218 cm³/mol. The molecule has 0 radical (unpaired) electrons. The quantitative estimate of drug-likeness (QED) is 0.155. The zero-order valence-corrected chi connectivity index (χ0v) is 34.4. The van der Waals surface area contributed by atoms with Crippen LogP contribution in [-0.2, 0) is 23.8 Å². The number of fused-ring (bicyclic) bond motifs is 1. The Morgan fingerprint density at radius 1 is 0.793 bits per heavy atom. The molecule has 306 valence electrons. The van der Waals surface area contributed by atoms with Gasteiger partial charge in [-0.25, -0.2) is 14.8 Å². The largest absolute Gasteiger partial charge is 0.453 e. The molecule has 58 heavy (non-hydrogen) atoms. The summed E-state index contributed by atoms with van der Waals surface area (Å²) in [6, 6.07) is 15.3. The number of nitrogens with one attached hydrogen (secondary N) is 3. The summed E-state index contributed by atoms with van der Waals surface area (Å²) in [6.07, 6.45) is 4.54. The van der Waals surface area contributed by atoms with E-state index in [4.69, 9.17) is 47.4 Å². The van der Waals surface area contributed by atoms with E-state index in [0.29, 0.717) is 72.1 Å². The van der Waals surface area contributed by atoms with Gasteiger partial charge in [0.2, 0.25) is 5.91 Å². The van der Waals surface area contributed by atoms with Gasteiger partial charge in [-0.3, -0.25) is 9.59 Å². The van der Waals surface area contributed by atoms with E-state index in [2.05, 4.69) is 41.3 Å². The summed E-state index contributed by atoms with van der Waals surface area (Å²) in [6.45, 7) is 6.00. The molecule has 1 saturated carbocycles. The first kappa shape index (κ1) is 39.1. The van der Waals surface area contributed by atoms with E-state index in [1.165, 1.54) is 7.11 Å². The van der Waals surface area contributed by atoms with Crippen LogP contribution in [0.25, 0.3) is 33.6 Å². The maximum atomic E-state index is 14.2. The minimum atomic E-state index is -0.705. The van der Waals surface area contributed by atoms with E-state index in [0.717, 1.165) is 60.1 Å². The number of rotatable bonds is 9. The number of nitrogens with zero attached hydrogens (tertiary/aromatic N) is 4. The number of halogens is 2. The van der Waals surface area contributed by atoms with Crippen LogP contribution in [0.1, 0.15) is 82.5 Å². The first-order chi connectivity index (χ1) is 28.1. The van der Waals surface area contributed by atoms with Crippen LogP contribution in [0.4, 0.5) is 4.79 Å². The second-order valence-corrected chi connectivity index (χ2v) is 17.3. The number of hydrogen-bond donors (Lipinski definition) is 3. The van der Waals surface area contributed by atoms with Gasteiger partial charge in [-0.05, 0) is 80.8 Å². The Labute approximate surface area is 347 Å². The zero-order valence-electron chi connectivity index (χ0n) is 32.9. The molecular weight excluding hydrogens is 781 g/mol. The van der Waals surface area contributed by atoms with Crippen LogP contribution in [-0.4, -0.2) is 98.8 Å². The second kappa shape index (κ2) is 16.0. The number of ether oxygens (including phenoxy) is 3. The van der Waals surface area contributed by atoms with Crippen LogP contribution in [0.2, 0.25) is 10.3 Å². The lowest BCUT2D eigenvalue weighted by Gasteiger charge is -2.35. The Balaban J connectivity index is 0.899. The van der Waals surface area contributed by atoms with Crippen molar-refractivity contribution in [1.82, 2.24) is 35.1 Å². The number of imidazole rings is 2. The molecule has 1 aliphatic carbocycles. The number of amides is 3. The topological polar surface area (TPSA) is 155 Å². The van der Waals surface area contributed by atoms with Gasteiger partial charge in [-0.15, -0.1) is 0 Å². The van der Waals surface area contributed by atoms with E-state index in [9.17, 15) is 14.4 Å². The average molecular weight is 831 g/mol. The molecule has 8 atom stereocenters. The normalized spacial score (nSPS) is 27.4. The Kier molecular flexibility index (Phi) is 10.8. The van der Waals surface area contributed by atoms with E-state index in [1.807, 2.05) is 46.2 Å². The third-order valence-corrected chi connectivity index (χ3v) is 13.7. The summed E-state index contributed by atoms with van der Waals surface area (Å²) in [5.41, 5.74) is 5.22. The number of piperidine rings is 1. The van der Waals surface area contributed by atoms with Crippen molar-refractivity contribution in [2.45, 2.75) is 95.1 Å². The van der Waals surface area contributed by atoms with Gasteiger partial charge in [0, 0.05) is 43.0 Å². The Hall–Kier alpha value is -4.43. The van der Waals surface area contributed by atoms with Gasteiger partial charge in [0.1, 0.15) is 23.8 Å². The predicted octanol–water partition coefficient (Wildman–Crippen LogP) is 7.73. The molecule has 4 aromatic rings. The van der Waals surface area contributed by atoms with Crippen LogP contribution >= 0.6 is 23.2 Å². The molecule has 5 aliphatic rings. The fourth-order valence-electron chi connectivity index (χ4n) is 9.65. The maximum Gasteiger partial charge on any atom is 0.407 e. The summed E-state index contributed by atoms with van der Waals surface area (Å²) >= 11 is 13.5. The molecule has 3 amide bonds. The van der Waals surface area contributed by atoms with Gasteiger partial charge in [0.05, 0.1) is 30.6 Å². The van der Waals surface area contributed by atoms with Gasteiger partial charge in [-0.2, -0.15) is 0 Å². The van der Waals surface area contributed by atoms with Crippen molar-refractivity contribution in [2.24, 2.45) is 17.8 Å². The first-order valence-corrected chi connectivity index (χ1v) is 21.2. The number of aromatic amines is 2. The van der Waals surface area contributed by atoms with E-state index >= 15 is 0 Å². The summed E-state index contributed by atoms with van der Waals surface area (Å²) in [4.78, 5) is 60.4. The number of methoxy groups -OCH3 is 1. The average Bonchev–Trinajstić information content (AvgIpc) is 3.81. The second-order valence-electron chi connectivity index (χ2n) is 16.6. The minimum absolute atomic E-state index is 0.0356. The van der Waals surface area contributed by atoms with Gasteiger partial charge < -0.3 is 39.3 Å². The molecule has 5 fully saturated rings.